The highest BCUT2D eigenvalue weighted by molar-refractivity contribution is 9.10. The van der Waals surface area contributed by atoms with Crippen molar-refractivity contribution in [1.29, 1.82) is 0 Å². The van der Waals surface area contributed by atoms with Gasteiger partial charge in [0.15, 0.2) is 5.78 Å². The van der Waals surface area contributed by atoms with E-state index in [1.54, 1.807) is 25.1 Å². The Morgan fingerprint density at radius 3 is 2.69 bits per heavy atom. The molecule has 0 heterocycles. The minimum Gasteiger partial charge on any atom is -0.293 e. The van der Waals surface area contributed by atoms with Crippen molar-refractivity contribution < 1.29 is 4.79 Å². The Morgan fingerprint density at radius 2 is 2.23 bits per heavy atom. The van der Waals surface area contributed by atoms with E-state index in [9.17, 15) is 4.79 Å². The molecule has 0 bridgehead atoms. The molecule has 1 aromatic carbocycles. The molecule has 1 rings (SSSR count). The molecule has 1 unspecified atom stereocenters. The number of rotatable bonds is 2. The number of hydrogen-bond acceptors (Lipinski definition) is 2. The van der Waals surface area contributed by atoms with Crippen molar-refractivity contribution in [3.8, 4) is 0 Å². The Morgan fingerprint density at radius 1 is 1.62 bits per heavy atom. The molecule has 1 aromatic rings. The minimum absolute atomic E-state index is 0.0234. The first kappa shape index (κ1) is 11.1. The lowest BCUT2D eigenvalue weighted by Gasteiger charge is -2.04. The van der Waals surface area contributed by atoms with Gasteiger partial charge in [-0.2, -0.15) is 0 Å². The summed E-state index contributed by atoms with van der Waals surface area (Å²) < 4.78 is 0. The number of alkyl halides is 1. The van der Waals surface area contributed by atoms with E-state index in [0.29, 0.717) is 15.5 Å². The highest BCUT2D eigenvalue weighted by Crippen LogP contribution is 2.22. The zero-order chi connectivity index (χ0) is 10.0. The Kier molecular flexibility index (Phi) is 3.83. The summed E-state index contributed by atoms with van der Waals surface area (Å²) in [5, 5.41) is 0.502. The molecule has 0 spiro atoms. The van der Waals surface area contributed by atoms with Gasteiger partial charge < -0.3 is 0 Å². The Hall–Kier alpha value is 0.01000. The van der Waals surface area contributed by atoms with Crippen LogP contribution in [0.1, 0.15) is 17.3 Å². The van der Waals surface area contributed by atoms with Crippen molar-refractivity contribution >= 4 is 45.9 Å². The van der Waals surface area contributed by atoms with E-state index in [4.69, 9.17) is 11.6 Å². The maximum atomic E-state index is 11.5. The molecule has 0 amide bonds. The van der Waals surface area contributed by atoms with Crippen LogP contribution >= 0.6 is 40.2 Å². The van der Waals surface area contributed by atoms with E-state index >= 15 is 0 Å². The van der Waals surface area contributed by atoms with Crippen LogP contribution in [0.5, 0.6) is 0 Å². The van der Waals surface area contributed by atoms with E-state index in [-0.39, 0.29) is 10.6 Å². The van der Waals surface area contributed by atoms with Gasteiger partial charge in [-0.25, -0.2) is 0 Å². The first-order chi connectivity index (χ1) is 6.02. The standard InChI is InChI=1S/C9H8BrClOS/c1-5(10)9(12)6-2-3-8(13)7(11)4-6/h2-5,13H,1H3. The summed E-state index contributed by atoms with van der Waals surface area (Å²) in [4.78, 5) is 12.0. The van der Waals surface area contributed by atoms with Crippen LogP contribution in [0.4, 0.5) is 0 Å². The van der Waals surface area contributed by atoms with Gasteiger partial charge in [-0.3, -0.25) is 4.79 Å². The molecule has 0 saturated carbocycles. The fourth-order valence-corrected chi connectivity index (χ4v) is 1.47. The Balaban J connectivity index is 3.04. The van der Waals surface area contributed by atoms with Gasteiger partial charge >= 0.3 is 0 Å². The highest BCUT2D eigenvalue weighted by atomic mass is 79.9. The van der Waals surface area contributed by atoms with Gasteiger partial charge in [-0.05, 0) is 19.1 Å². The summed E-state index contributed by atoms with van der Waals surface area (Å²) in [7, 11) is 0. The van der Waals surface area contributed by atoms with E-state index in [0.717, 1.165) is 0 Å². The smallest absolute Gasteiger partial charge is 0.176 e. The number of hydrogen-bond donors (Lipinski definition) is 1. The van der Waals surface area contributed by atoms with Crippen molar-refractivity contribution in [1.82, 2.24) is 0 Å². The molecule has 0 fully saturated rings. The van der Waals surface area contributed by atoms with Gasteiger partial charge in [-0.1, -0.05) is 33.6 Å². The molecule has 1 nitrogen and oxygen atoms in total. The van der Waals surface area contributed by atoms with Crippen LogP contribution in [0, 0.1) is 0 Å². The van der Waals surface area contributed by atoms with Crippen LogP contribution in [-0.4, -0.2) is 10.6 Å². The van der Waals surface area contributed by atoms with Crippen LogP contribution in [0.15, 0.2) is 23.1 Å². The van der Waals surface area contributed by atoms with Crippen molar-refractivity contribution in [3.05, 3.63) is 28.8 Å². The quantitative estimate of drug-likeness (QED) is 0.497. The molecule has 0 saturated heterocycles. The fourth-order valence-electron chi connectivity index (χ4n) is 0.890. The number of Topliss-reactive ketones (excluding diaryl/α,β-unsaturated/α-hetero) is 1. The number of halogens is 2. The van der Waals surface area contributed by atoms with Crippen molar-refractivity contribution in [2.75, 3.05) is 0 Å². The van der Waals surface area contributed by atoms with Gasteiger partial charge in [-0.15, -0.1) is 12.6 Å². The zero-order valence-electron chi connectivity index (χ0n) is 6.92. The molecule has 0 aromatic heterocycles. The van der Waals surface area contributed by atoms with Crippen LogP contribution in [-0.2, 0) is 0 Å². The average Bonchev–Trinajstić information content (AvgIpc) is 2.08. The van der Waals surface area contributed by atoms with Crippen molar-refractivity contribution in [2.45, 2.75) is 16.6 Å². The second kappa shape index (κ2) is 4.49. The maximum Gasteiger partial charge on any atom is 0.176 e. The van der Waals surface area contributed by atoms with E-state index in [2.05, 4.69) is 28.6 Å². The third-order valence-electron chi connectivity index (χ3n) is 1.59. The topological polar surface area (TPSA) is 17.1 Å². The molecule has 4 heteroatoms. The predicted molar refractivity (Wildman–Crippen MR) is 61.4 cm³/mol. The monoisotopic (exact) mass is 278 g/mol. The van der Waals surface area contributed by atoms with Gasteiger partial charge in [0.1, 0.15) is 0 Å². The summed E-state index contributed by atoms with van der Waals surface area (Å²) >= 11 is 13.1. The van der Waals surface area contributed by atoms with E-state index in [1.165, 1.54) is 0 Å². The molecular formula is C9H8BrClOS. The van der Waals surface area contributed by atoms with E-state index < -0.39 is 0 Å². The molecule has 0 aliphatic rings. The molecule has 0 aliphatic heterocycles. The second-order valence-corrected chi connectivity index (χ2v) is 4.91. The molecule has 1 atom stereocenters. The lowest BCUT2D eigenvalue weighted by Crippen LogP contribution is -2.09. The summed E-state index contributed by atoms with van der Waals surface area (Å²) in [5.41, 5.74) is 0.604. The van der Waals surface area contributed by atoms with Gasteiger partial charge in [0, 0.05) is 10.5 Å². The average molecular weight is 280 g/mol. The van der Waals surface area contributed by atoms with E-state index in [1.807, 2.05) is 0 Å². The van der Waals surface area contributed by atoms with Crippen molar-refractivity contribution in [2.24, 2.45) is 0 Å². The SMILES string of the molecule is CC(Br)C(=O)c1ccc(S)c(Cl)c1. The summed E-state index contributed by atoms with van der Waals surface area (Å²) in [6.45, 7) is 1.78. The lowest BCUT2D eigenvalue weighted by atomic mass is 10.1. The third kappa shape index (κ3) is 2.73. The second-order valence-electron chi connectivity index (χ2n) is 2.65. The summed E-state index contributed by atoms with van der Waals surface area (Å²) in [6, 6.07) is 5.06. The van der Waals surface area contributed by atoms with Gasteiger partial charge in [0.25, 0.3) is 0 Å². The normalized spacial score (nSPS) is 12.6. The number of benzene rings is 1. The van der Waals surface area contributed by atoms with Gasteiger partial charge in [0.2, 0.25) is 0 Å². The molecule has 70 valence electrons. The summed E-state index contributed by atoms with van der Waals surface area (Å²) in [6.07, 6.45) is 0. The Labute approximate surface area is 96.0 Å². The largest absolute Gasteiger partial charge is 0.293 e. The number of ketones is 1. The highest BCUT2D eigenvalue weighted by Gasteiger charge is 2.12. The Bertz CT molecular complexity index is 338. The van der Waals surface area contributed by atoms with Gasteiger partial charge in [0.05, 0.1) is 9.85 Å². The fraction of sp³-hybridized carbons (Fsp3) is 0.222. The number of thiol groups is 1. The van der Waals surface area contributed by atoms with Crippen LogP contribution < -0.4 is 0 Å². The molecule has 0 N–H and O–H groups in total. The molecular weight excluding hydrogens is 272 g/mol. The number of carbonyl (C=O) groups excluding carboxylic acids is 1. The molecule has 0 aliphatic carbocycles. The van der Waals surface area contributed by atoms with Crippen molar-refractivity contribution in [3.63, 3.8) is 0 Å². The lowest BCUT2D eigenvalue weighted by molar-refractivity contribution is 0.0996. The predicted octanol–water partition coefficient (Wildman–Crippen LogP) is 3.59. The van der Waals surface area contributed by atoms with Crippen LogP contribution in [0.3, 0.4) is 0 Å². The third-order valence-corrected chi connectivity index (χ3v) is 2.84. The number of carbonyl (C=O) groups is 1. The molecule has 13 heavy (non-hydrogen) atoms. The van der Waals surface area contributed by atoms with Crippen LogP contribution in [0.25, 0.3) is 0 Å². The summed E-state index contributed by atoms with van der Waals surface area (Å²) in [5.74, 6) is 0.0234. The first-order valence-electron chi connectivity index (χ1n) is 3.69. The zero-order valence-corrected chi connectivity index (χ0v) is 10.2. The van der Waals surface area contributed by atoms with Crippen LogP contribution in [0.2, 0.25) is 5.02 Å². The minimum atomic E-state index is -0.186. The first-order valence-corrected chi connectivity index (χ1v) is 5.43. The maximum absolute atomic E-state index is 11.5. The molecule has 0 radical (unpaired) electrons.